The van der Waals surface area contributed by atoms with Crippen LogP contribution in [0.25, 0.3) is 10.9 Å². The van der Waals surface area contributed by atoms with Gasteiger partial charge >= 0.3 is 0 Å². The van der Waals surface area contributed by atoms with Crippen LogP contribution in [0.5, 0.6) is 0 Å². The highest BCUT2D eigenvalue weighted by Gasteiger charge is 2.39. The van der Waals surface area contributed by atoms with Gasteiger partial charge in [0.1, 0.15) is 0 Å². The molecule has 1 aliphatic carbocycles. The third kappa shape index (κ3) is 2.95. The molecule has 4 N–H and O–H groups in total. The molecule has 1 fully saturated rings. The molecular weight excluding hydrogens is 262 g/mol. The molecule has 1 aromatic carbocycles. The van der Waals surface area contributed by atoms with E-state index in [2.05, 4.69) is 30.2 Å². The molecule has 21 heavy (non-hydrogen) atoms. The molecule has 3 rings (SSSR count). The van der Waals surface area contributed by atoms with E-state index >= 15 is 0 Å². The lowest BCUT2D eigenvalue weighted by atomic mass is 9.97. The predicted octanol–water partition coefficient (Wildman–Crippen LogP) is 2.34. The van der Waals surface area contributed by atoms with Gasteiger partial charge in [-0.25, -0.2) is 0 Å². The van der Waals surface area contributed by atoms with Crippen molar-refractivity contribution in [1.82, 2.24) is 10.3 Å². The van der Waals surface area contributed by atoms with E-state index in [0.717, 1.165) is 16.5 Å². The second kappa shape index (κ2) is 5.19. The SMILES string of the molecule is CC(C)(NC(=O)[C@H](N)Cc1c[nH]c2ccccc12)C1CC1. The molecule has 1 atom stereocenters. The van der Waals surface area contributed by atoms with Gasteiger partial charge in [0.2, 0.25) is 5.91 Å². The number of nitrogens with one attached hydrogen (secondary N) is 2. The van der Waals surface area contributed by atoms with Crippen molar-refractivity contribution >= 4 is 16.8 Å². The maximum Gasteiger partial charge on any atom is 0.237 e. The van der Waals surface area contributed by atoms with Crippen LogP contribution in [0.2, 0.25) is 0 Å². The van der Waals surface area contributed by atoms with Crippen LogP contribution >= 0.6 is 0 Å². The molecule has 2 aromatic rings. The lowest BCUT2D eigenvalue weighted by molar-refractivity contribution is -0.124. The van der Waals surface area contributed by atoms with E-state index < -0.39 is 6.04 Å². The third-order valence-corrected chi connectivity index (χ3v) is 4.49. The van der Waals surface area contributed by atoms with Gasteiger partial charge in [0.15, 0.2) is 0 Å². The summed E-state index contributed by atoms with van der Waals surface area (Å²) in [5.74, 6) is 0.541. The molecule has 4 nitrogen and oxygen atoms in total. The minimum Gasteiger partial charge on any atom is -0.361 e. The highest BCUT2D eigenvalue weighted by Crippen LogP contribution is 2.39. The Morgan fingerprint density at radius 1 is 1.43 bits per heavy atom. The number of H-pyrrole nitrogens is 1. The number of benzene rings is 1. The summed E-state index contributed by atoms with van der Waals surface area (Å²) in [7, 11) is 0. The Kier molecular flexibility index (Phi) is 3.49. The average molecular weight is 285 g/mol. The van der Waals surface area contributed by atoms with Crippen molar-refractivity contribution in [1.29, 1.82) is 0 Å². The normalized spacial score (nSPS) is 16.9. The maximum absolute atomic E-state index is 12.3. The van der Waals surface area contributed by atoms with Crippen LogP contribution < -0.4 is 11.1 Å². The highest BCUT2D eigenvalue weighted by molar-refractivity contribution is 5.86. The molecule has 0 spiro atoms. The number of hydrogen-bond acceptors (Lipinski definition) is 2. The van der Waals surface area contributed by atoms with E-state index in [1.165, 1.54) is 12.8 Å². The minimum atomic E-state index is -0.512. The summed E-state index contributed by atoms with van der Waals surface area (Å²) in [6, 6.07) is 7.57. The Morgan fingerprint density at radius 2 is 2.14 bits per heavy atom. The van der Waals surface area contributed by atoms with Crippen LogP contribution in [0.15, 0.2) is 30.5 Å². The van der Waals surface area contributed by atoms with E-state index in [1.807, 2.05) is 24.4 Å². The smallest absolute Gasteiger partial charge is 0.237 e. The van der Waals surface area contributed by atoms with Gasteiger partial charge in [-0.3, -0.25) is 4.79 Å². The van der Waals surface area contributed by atoms with E-state index in [0.29, 0.717) is 12.3 Å². The van der Waals surface area contributed by atoms with E-state index in [1.54, 1.807) is 0 Å². The van der Waals surface area contributed by atoms with E-state index in [9.17, 15) is 4.79 Å². The molecule has 0 radical (unpaired) electrons. The third-order valence-electron chi connectivity index (χ3n) is 4.49. The average Bonchev–Trinajstić information content (AvgIpc) is 3.23. The van der Waals surface area contributed by atoms with E-state index in [4.69, 9.17) is 5.73 Å². The Bertz CT molecular complexity index is 655. The van der Waals surface area contributed by atoms with Crippen molar-refractivity contribution in [3.63, 3.8) is 0 Å². The van der Waals surface area contributed by atoms with Gasteiger partial charge in [-0.05, 0) is 50.7 Å². The van der Waals surface area contributed by atoms with Crippen molar-refractivity contribution in [2.75, 3.05) is 0 Å². The van der Waals surface area contributed by atoms with Crippen LogP contribution in [0.4, 0.5) is 0 Å². The first-order chi connectivity index (χ1) is 9.97. The minimum absolute atomic E-state index is 0.0582. The highest BCUT2D eigenvalue weighted by atomic mass is 16.2. The van der Waals surface area contributed by atoms with Crippen molar-refractivity contribution < 1.29 is 4.79 Å². The Balaban J connectivity index is 1.68. The number of carbonyl (C=O) groups excluding carboxylic acids is 1. The van der Waals surface area contributed by atoms with Crippen molar-refractivity contribution in [3.8, 4) is 0 Å². The predicted molar refractivity (Wildman–Crippen MR) is 84.9 cm³/mol. The van der Waals surface area contributed by atoms with Crippen LogP contribution in [0.1, 0.15) is 32.3 Å². The molecule has 1 heterocycles. The van der Waals surface area contributed by atoms with Crippen LogP contribution in [0.3, 0.4) is 0 Å². The van der Waals surface area contributed by atoms with Crippen LogP contribution in [0, 0.1) is 5.92 Å². The first kappa shape index (κ1) is 14.1. The topological polar surface area (TPSA) is 70.9 Å². The number of carbonyl (C=O) groups is 1. The van der Waals surface area contributed by atoms with Crippen LogP contribution in [-0.4, -0.2) is 22.5 Å². The summed E-state index contributed by atoms with van der Waals surface area (Å²) in [4.78, 5) is 15.5. The van der Waals surface area contributed by atoms with Gasteiger partial charge in [-0.15, -0.1) is 0 Å². The second-order valence-corrected chi connectivity index (χ2v) is 6.66. The number of aromatic amines is 1. The molecule has 0 aliphatic heterocycles. The number of aromatic nitrogens is 1. The van der Waals surface area contributed by atoms with Gasteiger partial charge in [0.25, 0.3) is 0 Å². The summed E-state index contributed by atoms with van der Waals surface area (Å²) in [6.07, 6.45) is 4.90. The number of fused-ring (bicyclic) bond motifs is 1. The first-order valence-corrected chi connectivity index (χ1v) is 7.60. The van der Waals surface area contributed by atoms with Crippen LogP contribution in [-0.2, 0) is 11.2 Å². The van der Waals surface area contributed by atoms with Gasteiger partial charge in [-0.2, -0.15) is 0 Å². The molecule has 112 valence electrons. The van der Waals surface area contributed by atoms with Gasteiger partial charge in [0, 0.05) is 22.6 Å². The van der Waals surface area contributed by atoms with Crippen molar-refractivity contribution in [3.05, 3.63) is 36.0 Å². The molecule has 0 bridgehead atoms. The molecule has 1 aromatic heterocycles. The molecular formula is C17H23N3O. The van der Waals surface area contributed by atoms with Crippen molar-refractivity contribution in [2.45, 2.75) is 44.7 Å². The second-order valence-electron chi connectivity index (χ2n) is 6.66. The summed E-state index contributed by atoms with van der Waals surface area (Å²) in [6.45, 7) is 4.17. The molecule has 1 amide bonds. The zero-order valence-corrected chi connectivity index (χ0v) is 12.6. The molecule has 1 aliphatic rings. The summed E-state index contributed by atoms with van der Waals surface area (Å²) < 4.78 is 0. The number of rotatable bonds is 5. The lowest BCUT2D eigenvalue weighted by Crippen LogP contribution is -2.52. The fourth-order valence-electron chi connectivity index (χ4n) is 2.95. The van der Waals surface area contributed by atoms with Gasteiger partial charge in [-0.1, -0.05) is 18.2 Å². The maximum atomic E-state index is 12.3. The molecule has 0 saturated heterocycles. The van der Waals surface area contributed by atoms with Gasteiger partial charge < -0.3 is 16.0 Å². The largest absolute Gasteiger partial charge is 0.361 e. The monoisotopic (exact) mass is 285 g/mol. The Morgan fingerprint density at radius 3 is 2.86 bits per heavy atom. The fourth-order valence-corrected chi connectivity index (χ4v) is 2.95. The number of nitrogens with two attached hydrogens (primary N) is 1. The molecule has 1 saturated carbocycles. The molecule has 4 heteroatoms. The summed E-state index contributed by atoms with van der Waals surface area (Å²) >= 11 is 0. The van der Waals surface area contributed by atoms with Gasteiger partial charge in [0.05, 0.1) is 6.04 Å². The summed E-state index contributed by atoms with van der Waals surface area (Å²) in [5, 5.41) is 4.25. The van der Waals surface area contributed by atoms with Crippen molar-refractivity contribution in [2.24, 2.45) is 11.7 Å². The zero-order valence-electron chi connectivity index (χ0n) is 12.6. The fraction of sp³-hybridized carbons (Fsp3) is 0.471. The lowest BCUT2D eigenvalue weighted by Gasteiger charge is -2.27. The quantitative estimate of drug-likeness (QED) is 0.789. The Labute approximate surface area is 125 Å². The Hall–Kier alpha value is -1.81. The first-order valence-electron chi connectivity index (χ1n) is 7.60. The number of hydrogen-bond donors (Lipinski definition) is 3. The zero-order chi connectivity index (χ0) is 15.0. The number of amides is 1. The standard InChI is InChI=1S/C17H23N3O/c1-17(2,12-7-8-12)20-16(21)14(18)9-11-10-19-15-6-4-3-5-13(11)15/h3-6,10,12,14,19H,7-9,18H2,1-2H3,(H,20,21)/t14-/m1/s1. The summed E-state index contributed by atoms with van der Waals surface area (Å²) in [5.41, 5.74) is 8.13. The van der Waals surface area contributed by atoms with E-state index in [-0.39, 0.29) is 11.4 Å². The number of para-hydroxylation sites is 1. The molecule has 0 unspecified atom stereocenters.